The predicted molar refractivity (Wildman–Crippen MR) is 137 cm³/mol. The van der Waals surface area contributed by atoms with E-state index in [0.717, 1.165) is 32.1 Å². The molecule has 11 heteroatoms. The van der Waals surface area contributed by atoms with Crippen molar-refractivity contribution in [2.24, 2.45) is 11.8 Å². The van der Waals surface area contributed by atoms with Crippen LogP contribution in [0.5, 0.6) is 0 Å². The minimum absolute atomic E-state index is 0.0770. The predicted octanol–water partition coefficient (Wildman–Crippen LogP) is 5.84. The summed E-state index contributed by atoms with van der Waals surface area (Å²) in [5.41, 5.74) is 0.628. The number of hydrogen-bond acceptors (Lipinski definition) is 7. The number of H-pyrrole nitrogens is 1. The van der Waals surface area contributed by atoms with Gasteiger partial charge in [0.15, 0.2) is 11.3 Å². The molecule has 0 aromatic carbocycles. The van der Waals surface area contributed by atoms with Gasteiger partial charge >= 0.3 is 5.76 Å². The van der Waals surface area contributed by atoms with Crippen LogP contribution in [-0.4, -0.2) is 34.6 Å². The first kappa shape index (κ1) is 24.2. The Kier molecular flexibility index (Phi) is 6.30. The van der Waals surface area contributed by atoms with Gasteiger partial charge in [0.2, 0.25) is 11.6 Å². The molecule has 0 bridgehead atoms. The number of fused-ring (bicyclic) bond motifs is 1. The number of halogens is 2. The molecule has 4 aromatic heterocycles. The fourth-order valence-electron chi connectivity index (χ4n) is 5.84. The zero-order valence-electron chi connectivity index (χ0n) is 20.7. The van der Waals surface area contributed by atoms with Crippen LogP contribution >= 0.6 is 11.6 Å². The minimum Gasteiger partial charge on any atom is -0.322 e. The molecular weight excluding hydrogens is 497 g/mol. The van der Waals surface area contributed by atoms with Crippen LogP contribution in [0.25, 0.3) is 34.1 Å². The maximum atomic E-state index is 16.6. The molecule has 0 aliphatic heterocycles. The van der Waals surface area contributed by atoms with Crippen LogP contribution in [0, 0.1) is 11.8 Å². The van der Waals surface area contributed by atoms with E-state index >= 15 is 4.39 Å². The highest BCUT2D eigenvalue weighted by molar-refractivity contribution is 6.30. The Balaban J connectivity index is 1.59. The number of hydrogen-bond donors (Lipinski definition) is 1. The standard InChI is InChI=1S/C26H29ClFN7O2/c1-15-5-7-16(8-6-15)14-35-20-19(17-11-18(27)13-29-12-17)30-22(23-33-25(36)37-34-23)31-21(20)32-24(35)26(28)9-3-2-4-10-26/h11-13,15-16H,2-10,14H2,1H3,(H,33,34,36). The lowest BCUT2D eigenvalue weighted by Gasteiger charge is -2.32. The van der Waals surface area contributed by atoms with Gasteiger partial charge in [0, 0.05) is 24.5 Å². The van der Waals surface area contributed by atoms with Gasteiger partial charge in [-0.3, -0.25) is 14.5 Å². The molecule has 0 radical (unpaired) electrons. The molecule has 6 rings (SSSR count). The molecule has 9 nitrogen and oxygen atoms in total. The molecule has 0 atom stereocenters. The van der Waals surface area contributed by atoms with E-state index < -0.39 is 11.4 Å². The van der Waals surface area contributed by atoms with Gasteiger partial charge in [-0.1, -0.05) is 42.9 Å². The quantitative estimate of drug-likeness (QED) is 0.348. The molecule has 37 heavy (non-hydrogen) atoms. The van der Waals surface area contributed by atoms with E-state index in [0.29, 0.717) is 64.5 Å². The van der Waals surface area contributed by atoms with E-state index in [2.05, 4.69) is 31.6 Å². The van der Waals surface area contributed by atoms with Crippen LogP contribution in [0.3, 0.4) is 0 Å². The molecule has 0 amide bonds. The summed E-state index contributed by atoms with van der Waals surface area (Å²) < 4.78 is 23.3. The highest BCUT2D eigenvalue weighted by Crippen LogP contribution is 2.43. The van der Waals surface area contributed by atoms with Crippen LogP contribution in [-0.2, 0) is 12.2 Å². The second kappa shape index (κ2) is 9.63. The van der Waals surface area contributed by atoms with Crippen LogP contribution in [0.15, 0.2) is 27.8 Å². The summed E-state index contributed by atoms with van der Waals surface area (Å²) in [6.07, 6.45) is 11.3. The van der Waals surface area contributed by atoms with Gasteiger partial charge in [0.1, 0.15) is 17.0 Å². The maximum Gasteiger partial charge on any atom is 0.439 e. The van der Waals surface area contributed by atoms with Crippen LogP contribution in [0.1, 0.15) is 70.5 Å². The van der Waals surface area contributed by atoms with Crippen molar-refractivity contribution in [1.82, 2.24) is 34.6 Å². The number of pyridine rings is 1. The van der Waals surface area contributed by atoms with Gasteiger partial charge in [-0.25, -0.2) is 24.1 Å². The highest BCUT2D eigenvalue weighted by atomic mass is 35.5. The van der Waals surface area contributed by atoms with Gasteiger partial charge in [-0.05, 0) is 56.4 Å². The second-order valence-corrected chi connectivity index (χ2v) is 11.0. The SMILES string of the molecule is CC1CCC(Cn2c(C3(F)CCCCC3)nc3nc(-c4noc(=O)[nH]4)nc(-c4cncc(Cl)c4)c32)CC1. The average Bonchev–Trinajstić information content (AvgIpc) is 3.49. The maximum absolute atomic E-state index is 16.6. The molecular formula is C26H29ClFN7O2. The number of aromatic nitrogens is 7. The van der Waals surface area contributed by atoms with E-state index in [1.54, 1.807) is 18.5 Å². The molecule has 2 saturated carbocycles. The van der Waals surface area contributed by atoms with E-state index in [1.807, 2.05) is 4.57 Å². The molecule has 2 aliphatic rings. The van der Waals surface area contributed by atoms with E-state index in [9.17, 15) is 4.79 Å². The Morgan fingerprint density at radius 3 is 2.62 bits per heavy atom. The van der Waals surface area contributed by atoms with Crippen molar-refractivity contribution in [1.29, 1.82) is 0 Å². The monoisotopic (exact) mass is 525 g/mol. The lowest BCUT2D eigenvalue weighted by Crippen LogP contribution is -2.29. The van der Waals surface area contributed by atoms with Gasteiger partial charge in [0.25, 0.3) is 0 Å². The summed E-state index contributed by atoms with van der Waals surface area (Å²) in [5, 5.41) is 4.21. The van der Waals surface area contributed by atoms with Crippen LogP contribution in [0.4, 0.5) is 4.39 Å². The van der Waals surface area contributed by atoms with Crippen molar-refractivity contribution in [3.63, 3.8) is 0 Å². The van der Waals surface area contributed by atoms with Crippen LogP contribution in [0.2, 0.25) is 5.02 Å². The molecule has 2 fully saturated rings. The Hall–Kier alpha value is -3.14. The van der Waals surface area contributed by atoms with Crippen molar-refractivity contribution in [3.05, 3.63) is 39.9 Å². The van der Waals surface area contributed by atoms with Gasteiger partial charge in [-0.2, -0.15) is 0 Å². The molecule has 4 heterocycles. The Labute approximate surface area is 217 Å². The Morgan fingerprint density at radius 2 is 1.92 bits per heavy atom. The molecule has 1 N–H and O–H groups in total. The fraction of sp³-hybridized carbons (Fsp3) is 0.538. The number of nitrogens with zero attached hydrogens (tertiary/aromatic N) is 6. The third-order valence-corrected chi connectivity index (χ3v) is 8.06. The van der Waals surface area contributed by atoms with Crippen molar-refractivity contribution in [2.45, 2.75) is 76.9 Å². The zero-order valence-corrected chi connectivity index (χ0v) is 21.5. The topological polar surface area (TPSA) is 115 Å². The first-order valence-corrected chi connectivity index (χ1v) is 13.4. The van der Waals surface area contributed by atoms with Crippen molar-refractivity contribution in [2.75, 3.05) is 0 Å². The number of rotatable bonds is 5. The van der Waals surface area contributed by atoms with Crippen molar-refractivity contribution in [3.8, 4) is 22.9 Å². The molecule has 0 unspecified atom stereocenters. The summed E-state index contributed by atoms with van der Waals surface area (Å²) in [5.74, 6) is 1.03. The fourth-order valence-corrected chi connectivity index (χ4v) is 6.01. The summed E-state index contributed by atoms with van der Waals surface area (Å²) in [6.45, 7) is 2.94. The molecule has 2 aliphatic carbocycles. The number of imidazole rings is 1. The normalized spacial score (nSPS) is 21.9. The molecule has 0 saturated heterocycles. The van der Waals surface area contributed by atoms with E-state index in [4.69, 9.17) is 21.6 Å². The lowest BCUT2D eigenvalue weighted by molar-refractivity contribution is 0.0891. The molecule has 194 valence electrons. The Bertz CT molecular complexity index is 1480. The zero-order chi connectivity index (χ0) is 25.6. The van der Waals surface area contributed by atoms with Gasteiger partial charge in [0.05, 0.1) is 5.02 Å². The van der Waals surface area contributed by atoms with Gasteiger partial charge in [-0.15, -0.1) is 0 Å². The average molecular weight is 526 g/mol. The largest absolute Gasteiger partial charge is 0.439 e. The van der Waals surface area contributed by atoms with Crippen molar-refractivity contribution < 1.29 is 8.91 Å². The van der Waals surface area contributed by atoms with Crippen LogP contribution < -0.4 is 5.76 Å². The molecule has 0 spiro atoms. The number of alkyl halides is 1. The third-order valence-electron chi connectivity index (χ3n) is 7.86. The lowest BCUT2D eigenvalue weighted by atomic mass is 9.82. The third kappa shape index (κ3) is 4.67. The second-order valence-electron chi connectivity index (χ2n) is 10.6. The Morgan fingerprint density at radius 1 is 1.14 bits per heavy atom. The number of aromatic amines is 1. The van der Waals surface area contributed by atoms with E-state index in [-0.39, 0.29) is 11.6 Å². The smallest absolute Gasteiger partial charge is 0.322 e. The number of nitrogens with one attached hydrogen (secondary N) is 1. The van der Waals surface area contributed by atoms with Crippen molar-refractivity contribution >= 4 is 22.8 Å². The first-order valence-electron chi connectivity index (χ1n) is 13.0. The summed E-state index contributed by atoms with van der Waals surface area (Å²) in [4.78, 5) is 32.6. The highest BCUT2D eigenvalue weighted by Gasteiger charge is 2.40. The molecule has 4 aromatic rings. The van der Waals surface area contributed by atoms with E-state index in [1.165, 1.54) is 12.8 Å². The summed E-state index contributed by atoms with van der Waals surface area (Å²) in [7, 11) is 0. The summed E-state index contributed by atoms with van der Waals surface area (Å²) in [6, 6.07) is 1.76. The summed E-state index contributed by atoms with van der Waals surface area (Å²) >= 11 is 6.30. The van der Waals surface area contributed by atoms with Gasteiger partial charge < -0.3 is 4.57 Å². The first-order chi connectivity index (χ1) is 17.9. The minimum atomic E-state index is -1.53.